The molecule has 4 nitrogen and oxygen atoms in total. The maximum Gasteiger partial charge on any atom is 0.241 e. The number of ether oxygens (including phenoxy) is 1. The summed E-state index contributed by atoms with van der Waals surface area (Å²) < 4.78 is 8.06. The number of nitrogens with two attached hydrogens (primary N) is 1. The molecule has 0 fully saturated rings. The number of nitrogen functional groups attached to an aromatic ring is 1. The molecule has 2 rings (SSSR count). The highest BCUT2D eigenvalue weighted by Crippen LogP contribution is 2.26. The van der Waals surface area contributed by atoms with E-state index in [1.165, 1.54) is 0 Å². The minimum Gasteiger partial charge on any atom is -0.471 e. The van der Waals surface area contributed by atoms with Crippen LogP contribution < -0.4 is 10.5 Å². The van der Waals surface area contributed by atoms with E-state index < -0.39 is 0 Å². The van der Waals surface area contributed by atoms with Crippen LogP contribution in [0.4, 0.5) is 5.69 Å². The summed E-state index contributed by atoms with van der Waals surface area (Å²) in [5.74, 6) is 0.574. The molecule has 84 valence electrons. The van der Waals surface area contributed by atoms with Crippen molar-refractivity contribution in [2.24, 2.45) is 7.05 Å². The second-order valence-electron chi connectivity index (χ2n) is 3.51. The molecule has 1 heterocycles. The van der Waals surface area contributed by atoms with E-state index in [0.29, 0.717) is 18.2 Å². The second kappa shape index (κ2) is 4.17. The van der Waals surface area contributed by atoms with Gasteiger partial charge in [-0.1, -0.05) is 22.5 Å². The summed E-state index contributed by atoms with van der Waals surface area (Å²) in [4.78, 5) is 0. The molecule has 0 atom stereocenters. The minimum absolute atomic E-state index is 0.390. The summed E-state index contributed by atoms with van der Waals surface area (Å²) in [7, 11) is 1.87. The number of aryl methyl sites for hydroxylation is 1. The van der Waals surface area contributed by atoms with Crippen LogP contribution in [0.1, 0.15) is 0 Å². The summed E-state index contributed by atoms with van der Waals surface area (Å²) >= 11 is 3.24. The van der Waals surface area contributed by atoms with Gasteiger partial charge in [0.15, 0.2) is 0 Å². The number of benzene rings is 1. The molecule has 0 spiro atoms. The molecule has 0 saturated carbocycles. The summed E-state index contributed by atoms with van der Waals surface area (Å²) in [6, 6.07) is 5.62. The van der Waals surface area contributed by atoms with Crippen LogP contribution in [0, 0.1) is 0 Å². The van der Waals surface area contributed by atoms with Gasteiger partial charge >= 0.3 is 0 Å². The first kappa shape index (κ1) is 11.0. The molecule has 0 aliphatic heterocycles. The Hall–Kier alpha value is -1.49. The topological polar surface area (TPSA) is 53.1 Å². The lowest BCUT2D eigenvalue weighted by molar-refractivity contribution is 0.346. The fourth-order valence-corrected chi connectivity index (χ4v) is 1.62. The predicted octanol–water partition coefficient (Wildman–Crippen LogP) is 2.44. The van der Waals surface area contributed by atoms with E-state index in [1.807, 2.05) is 25.2 Å². The molecule has 16 heavy (non-hydrogen) atoms. The first-order valence-electron chi connectivity index (χ1n) is 4.76. The van der Waals surface area contributed by atoms with Crippen LogP contribution in [-0.4, -0.2) is 16.4 Å². The van der Waals surface area contributed by atoms with Gasteiger partial charge in [0.05, 0.1) is 10.9 Å². The van der Waals surface area contributed by atoms with E-state index in [4.69, 9.17) is 10.5 Å². The molecule has 1 aromatic heterocycles. The molecule has 0 bridgehead atoms. The van der Waals surface area contributed by atoms with Crippen LogP contribution in [0.2, 0.25) is 0 Å². The fourth-order valence-electron chi connectivity index (χ4n) is 1.50. The third-order valence-corrected chi connectivity index (χ3v) is 2.43. The summed E-state index contributed by atoms with van der Waals surface area (Å²) in [6.45, 7) is 4.10. The van der Waals surface area contributed by atoms with Crippen LogP contribution >= 0.6 is 15.9 Å². The van der Waals surface area contributed by atoms with Gasteiger partial charge in [0, 0.05) is 17.2 Å². The SMILES string of the molecule is C=C(Br)COc1nn(C)c2ccc(N)cc12. The van der Waals surface area contributed by atoms with E-state index in [1.54, 1.807) is 4.68 Å². The van der Waals surface area contributed by atoms with E-state index in [-0.39, 0.29) is 0 Å². The quantitative estimate of drug-likeness (QED) is 0.880. The maximum atomic E-state index is 5.74. The normalized spacial score (nSPS) is 10.6. The monoisotopic (exact) mass is 281 g/mol. The minimum atomic E-state index is 0.390. The molecular weight excluding hydrogens is 270 g/mol. The van der Waals surface area contributed by atoms with Gasteiger partial charge in [0.25, 0.3) is 0 Å². The Morgan fingerprint density at radius 3 is 3.06 bits per heavy atom. The van der Waals surface area contributed by atoms with Gasteiger partial charge in [0.2, 0.25) is 5.88 Å². The van der Waals surface area contributed by atoms with Gasteiger partial charge in [-0.2, -0.15) is 0 Å². The zero-order chi connectivity index (χ0) is 11.7. The van der Waals surface area contributed by atoms with Crippen LogP contribution in [0.5, 0.6) is 5.88 Å². The van der Waals surface area contributed by atoms with Crippen molar-refractivity contribution in [3.05, 3.63) is 29.3 Å². The highest BCUT2D eigenvalue weighted by atomic mass is 79.9. The largest absolute Gasteiger partial charge is 0.471 e. The maximum absolute atomic E-state index is 5.74. The van der Waals surface area contributed by atoms with Crippen LogP contribution in [0.25, 0.3) is 10.9 Å². The Morgan fingerprint density at radius 1 is 1.62 bits per heavy atom. The highest BCUT2D eigenvalue weighted by molar-refractivity contribution is 9.11. The van der Waals surface area contributed by atoms with Crippen LogP contribution in [0.15, 0.2) is 29.3 Å². The number of anilines is 1. The standard InChI is InChI=1S/C11H12BrN3O/c1-7(12)6-16-11-9-5-8(13)3-4-10(9)15(2)14-11/h3-5H,1,6,13H2,2H3. The zero-order valence-electron chi connectivity index (χ0n) is 8.90. The zero-order valence-corrected chi connectivity index (χ0v) is 10.5. The Bertz CT molecular complexity index is 547. The highest BCUT2D eigenvalue weighted by Gasteiger charge is 2.09. The Balaban J connectivity index is 2.44. The van der Waals surface area contributed by atoms with Crippen LogP contribution in [-0.2, 0) is 7.05 Å². The van der Waals surface area contributed by atoms with Gasteiger partial charge in [-0.05, 0) is 18.2 Å². The van der Waals surface area contributed by atoms with E-state index >= 15 is 0 Å². The van der Waals surface area contributed by atoms with Crippen molar-refractivity contribution in [1.29, 1.82) is 0 Å². The molecule has 1 aromatic carbocycles. The molecule has 0 radical (unpaired) electrons. The second-order valence-corrected chi connectivity index (χ2v) is 4.63. The van der Waals surface area contributed by atoms with Crippen molar-refractivity contribution >= 4 is 32.5 Å². The van der Waals surface area contributed by atoms with Crippen molar-refractivity contribution in [2.75, 3.05) is 12.3 Å². The molecular formula is C11H12BrN3O. The Morgan fingerprint density at radius 2 is 2.38 bits per heavy atom. The number of fused-ring (bicyclic) bond motifs is 1. The number of aromatic nitrogens is 2. The molecule has 0 saturated heterocycles. The number of hydrogen-bond acceptors (Lipinski definition) is 3. The Kier molecular flexibility index (Phi) is 2.87. The van der Waals surface area contributed by atoms with Crippen molar-refractivity contribution in [3.63, 3.8) is 0 Å². The number of hydrogen-bond donors (Lipinski definition) is 1. The van der Waals surface area contributed by atoms with Gasteiger partial charge in [-0.15, -0.1) is 5.10 Å². The summed E-state index contributed by atoms with van der Waals surface area (Å²) in [5, 5.41) is 5.19. The van der Waals surface area contributed by atoms with Crippen molar-refractivity contribution in [2.45, 2.75) is 0 Å². The van der Waals surface area contributed by atoms with Crippen molar-refractivity contribution in [1.82, 2.24) is 9.78 Å². The molecule has 0 aliphatic carbocycles. The van der Waals surface area contributed by atoms with Crippen LogP contribution in [0.3, 0.4) is 0 Å². The number of rotatable bonds is 3. The predicted molar refractivity (Wildman–Crippen MR) is 68.7 cm³/mol. The average molecular weight is 282 g/mol. The molecule has 0 amide bonds. The van der Waals surface area contributed by atoms with Gasteiger partial charge in [-0.25, -0.2) is 0 Å². The summed E-state index contributed by atoms with van der Waals surface area (Å²) in [6.07, 6.45) is 0. The molecule has 0 unspecified atom stereocenters. The molecule has 0 aliphatic rings. The molecule has 2 N–H and O–H groups in total. The average Bonchev–Trinajstić information content (AvgIpc) is 2.52. The third-order valence-electron chi connectivity index (χ3n) is 2.21. The molecule has 5 heteroatoms. The van der Waals surface area contributed by atoms with E-state index in [0.717, 1.165) is 15.4 Å². The molecule has 2 aromatic rings. The van der Waals surface area contributed by atoms with Gasteiger partial charge in [-0.3, -0.25) is 4.68 Å². The van der Waals surface area contributed by atoms with Gasteiger partial charge in [0.1, 0.15) is 6.61 Å². The first-order chi connectivity index (χ1) is 7.58. The van der Waals surface area contributed by atoms with E-state index in [9.17, 15) is 0 Å². The lowest BCUT2D eigenvalue weighted by atomic mass is 10.2. The Labute approximate surface area is 102 Å². The lowest BCUT2D eigenvalue weighted by Crippen LogP contribution is -1.97. The third kappa shape index (κ3) is 2.04. The fraction of sp³-hybridized carbons (Fsp3) is 0.182. The van der Waals surface area contributed by atoms with Crippen molar-refractivity contribution in [3.8, 4) is 5.88 Å². The first-order valence-corrected chi connectivity index (χ1v) is 5.55. The van der Waals surface area contributed by atoms with Gasteiger partial charge < -0.3 is 10.5 Å². The van der Waals surface area contributed by atoms with E-state index in [2.05, 4.69) is 27.6 Å². The smallest absolute Gasteiger partial charge is 0.241 e. The lowest BCUT2D eigenvalue weighted by Gasteiger charge is -2.01. The van der Waals surface area contributed by atoms with Crippen molar-refractivity contribution < 1.29 is 4.74 Å². The number of halogens is 1. The number of nitrogens with zero attached hydrogens (tertiary/aromatic N) is 2. The summed E-state index contributed by atoms with van der Waals surface area (Å²) in [5.41, 5.74) is 7.43.